The molecular formula is C10H16ClN3O2S. The summed E-state index contributed by atoms with van der Waals surface area (Å²) in [5.74, 6) is 0.735. The molecule has 1 aliphatic carbocycles. The third-order valence-electron chi connectivity index (χ3n) is 3.12. The maximum Gasteiger partial charge on any atom is 0.296 e. The molecule has 0 N–H and O–H groups in total. The molecule has 1 aromatic heterocycles. The van der Waals surface area contributed by atoms with Gasteiger partial charge in [-0.2, -0.15) is 0 Å². The third kappa shape index (κ3) is 2.63. The highest BCUT2D eigenvalue weighted by atomic mass is 35.7. The molecule has 0 radical (unpaired) electrons. The lowest BCUT2D eigenvalue weighted by Crippen LogP contribution is -2.14. The number of aryl methyl sites for hydroxylation is 1. The molecule has 1 aliphatic rings. The molecular weight excluding hydrogens is 262 g/mol. The molecule has 0 amide bonds. The fraction of sp³-hybridized carbons (Fsp3) is 0.800. The molecule has 0 aliphatic heterocycles. The standard InChI is InChI=1S/C10H16ClN3O2S/c1-2-5-9-12-13-10(17(11,15)16)14(9)8-6-3-4-7-8/h8H,2-7H2,1H3. The van der Waals surface area contributed by atoms with Crippen molar-refractivity contribution >= 4 is 19.7 Å². The predicted octanol–water partition coefficient (Wildman–Crippen LogP) is 2.27. The van der Waals surface area contributed by atoms with Crippen LogP contribution in [-0.4, -0.2) is 23.2 Å². The van der Waals surface area contributed by atoms with E-state index in [1.54, 1.807) is 4.57 Å². The fourth-order valence-electron chi connectivity index (χ4n) is 2.40. The summed E-state index contributed by atoms with van der Waals surface area (Å²) in [5.41, 5.74) is 0. The maximum absolute atomic E-state index is 11.5. The summed E-state index contributed by atoms with van der Waals surface area (Å²) in [4.78, 5) is 0. The van der Waals surface area contributed by atoms with Crippen LogP contribution < -0.4 is 0 Å². The minimum Gasteiger partial charge on any atom is -0.298 e. The van der Waals surface area contributed by atoms with Crippen molar-refractivity contribution in [1.82, 2.24) is 14.8 Å². The molecule has 96 valence electrons. The van der Waals surface area contributed by atoms with E-state index in [4.69, 9.17) is 10.7 Å². The van der Waals surface area contributed by atoms with Gasteiger partial charge in [-0.15, -0.1) is 10.2 Å². The number of hydrogen-bond acceptors (Lipinski definition) is 4. The molecule has 5 nitrogen and oxygen atoms in total. The van der Waals surface area contributed by atoms with E-state index in [-0.39, 0.29) is 11.2 Å². The summed E-state index contributed by atoms with van der Waals surface area (Å²) in [6.07, 6.45) is 5.85. The third-order valence-corrected chi connectivity index (χ3v) is 4.25. The van der Waals surface area contributed by atoms with Crippen molar-refractivity contribution in [3.8, 4) is 0 Å². The Morgan fingerprint density at radius 3 is 2.53 bits per heavy atom. The Morgan fingerprint density at radius 2 is 2.00 bits per heavy atom. The quantitative estimate of drug-likeness (QED) is 0.792. The van der Waals surface area contributed by atoms with Gasteiger partial charge in [0, 0.05) is 23.1 Å². The van der Waals surface area contributed by atoms with E-state index in [0.717, 1.165) is 44.3 Å². The number of rotatable bonds is 4. The molecule has 1 aromatic rings. The Labute approximate surface area is 106 Å². The minimum atomic E-state index is -3.81. The normalized spacial score (nSPS) is 17.8. The van der Waals surface area contributed by atoms with Gasteiger partial charge in [-0.25, -0.2) is 8.42 Å². The Hall–Kier alpha value is -0.620. The summed E-state index contributed by atoms with van der Waals surface area (Å²) in [7, 11) is 1.60. The van der Waals surface area contributed by atoms with Crippen molar-refractivity contribution in [2.45, 2.75) is 56.6 Å². The van der Waals surface area contributed by atoms with Crippen LogP contribution in [-0.2, 0) is 15.5 Å². The van der Waals surface area contributed by atoms with Crippen molar-refractivity contribution in [2.24, 2.45) is 0 Å². The first-order valence-electron chi connectivity index (χ1n) is 5.92. The molecule has 7 heteroatoms. The van der Waals surface area contributed by atoms with Crippen molar-refractivity contribution in [3.63, 3.8) is 0 Å². The van der Waals surface area contributed by atoms with Crippen LogP contribution in [0, 0.1) is 0 Å². The topological polar surface area (TPSA) is 64.8 Å². The number of halogens is 1. The Kier molecular flexibility index (Phi) is 3.73. The average Bonchev–Trinajstić information content (AvgIpc) is 2.82. The molecule has 0 unspecified atom stereocenters. The van der Waals surface area contributed by atoms with E-state index in [9.17, 15) is 8.42 Å². The first-order chi connectivity index (χ1) is 8.04. The van der Waals surface area contributed by atoms with Gasteiger partial charge in [-0.05, 0) is 19.3 Å². The highest BCUT2D eigenvalue weighted by molar-refractivity contribution is 8.13. The summed E-state index contributed by atoms with van der Waals surface area (Å²) in [6, 6.07) is 0.190. The molecule has 17 heavy (non-hydrogen) atoms. The zero-order valence-electron chi connectivity index (χ0n) is 9.76. The average molecular weight is 278 g/mol. The van der Waals surface area contributed by atoms with Crippen molar-refractivity contribution in [3.05, 3.63) is 5.82 Å². The zero-order valence-corrected chi connectivity index (χ0v) is 11.3. The van der Waals surface area contributed by atoms with Gasteiger partial charge in [0.05, 0.1) is 0 Å². The van der Waals surface area contributed by atoms with Crippen LogP contribution in [0.25, 0.3) is 0 Å². The number of hydrogen-bond donors (Lipinski definition) is 0. The van der Waals surface area contributed by atoms with E-state index in [2.05, 4.69) is 10.2 Å². The molecule has 0 saturated heterocycles. The Balaban J connectivity index is 2.46. The second-order valence-corrected chi connectivity index (χ2v) is 6.85. The number of aromatic nitrogens is 3. The predicted molar refractivity (Wildman–Crippen MR) is 64.6 cm³/mol. The minimum absolute atomic E-state index is 0.0884. The fourth-order valence-corrected chi connectivity index (χ4v) is 3.34. The zero-order chi connectivity index (χ0) is 12.5. The molecule has 0 bridgehead atoms. The largest absolute Gasteiger partial charge is 0.298 e. The molecule has 0 spiro atoms. The van der Waals surface area contributed by atoms with Gasteiger partial charge < -0.3 is 0 Å². The van der Waals surface area contributed by atoms with E-state index >= 15 is 0 Å². The lowest BCUT2D eigenvalue weighted by Gasteiger charge is -2.15. The van der Waals surface area contributed by atoms with Gasteiger partial charge in [0.25, 0.3) is 14.2 Å². The van der Waals surface area contributed by atoms with Crippen LogP contribution in [0.3, 0.4) is 0 Å². The lowest BCUT2D eigenvalue weighted by atomic mass is 10.2. The van der Waals surface area contributed by atoms with Gasteiger partial charge in [0.2, 0.25) is 0 Å². The van der Waals surface area contributed by atoms with Crippen LogP contribution in [0.1, 0.15) is 50.9 Å². The first kappa shape index (κ1) is 12.8. The van der Waals surface area contributed by atoms with Crippen molar-refractivity contribution < 1.29 is 8.42 Å². The van der Waals surface area contributed by atoms with Gasteiger partial charge in [0.15, 0.2) is 0 Å². The molecule has 0 atom stereocenters. The Bertz CT molecular complexity index is 492. The van der Waals surface area contributed by atoms with Crippen LogP contribution in [0.2, 0.25) is 0 Å². The summed E-state index contributed by atoms with van der Waals surface area (Å²) in [6.45, 7) is 2.03. The van der Waals surface area contributed by atoms with Gasteiger partial charge in [0.1, 0.15) is 5.82 Å². The van der Waals surface area contributed by atoms with E-state index < -0.39 is 9.05 Å². The molecule has 1 fully saturated rings. The van der Waals surface area contributed by atoms with E-state index in [0.29, 0.717) is 0 Å². The molecule has 2 rings (SSSR count). The van der Waals surface area contributed by atoms with Gasteiger partial charge in [-0.3, -0.25) is 4.57 Å². The van der Waals surface area contributed by atoms with Crippen molar-refractivity contribution in [1.29, 1.82) is 0 Å². The van der Waals surface area contributed by atoms with Crippen molar-refractivity contribution in [2.75, 3.05) is 0 Å². The van der Waals surface area contributed by atoms with E-state index in [1.807, 2.05) is 6.92 Å². The summed E-state index contributed by atoms with van der Waals surface area (Å²) >= 11 is 0. The second-order valence-electron chi connectivity index (χ2n) is 4.39. The first-order valence-corrected chi connectivity index (χ1v) is 8.23. The van der Waals surface area contributed by atoms with Crippen LogP contribution >= 0.6 is 10.7 Å². The van der Waals surface area contributed by atoms with Gasteiger partial charge >= 0.3 is 0 Å². The monoisotopic (exact) mass is 277 g/mol. The van der Waals surface area contributed by atoms with E-state index in [1.165, 1.54) is 0 Å². The number of nitrogens with zero attached hydrogens (tertiary/aromatic N) is 3. The molecule has 1 heterocycles. The smallest absolute Gasteiger partial charge is 0.296 e. The molecule has 1 saturated carbocycles. The summed E-state index contributed by atoms with van der Waals surface area (Å²) < 4.78 is 24.7. The highest BCUT2D eigenvalue weighted by Gasteiger charge is 2.28. The Morgan fingerprint density at radius 1 is 1.35 bits per heavy atom. The second kappa shape index (κ2) is 4.94. The van der Waals surface area contributed by atoms with Gasteiger partial charge in [-0.1, -0.05) is 19.8 Å². The maximum atomic E-state index is 11.5. The van der Waals surface area contributed by atoms with Crippen LogP contribution in [0.15, 0.2) is 5.16 Å². The SMILES string of the molecule is CCCc1nnc(S(=O)(=O)Cl)n1C1CCCC1. The van der Waals surface area contributed by atoms with Crippen LogP contribution in [0.5, 0.6) is 0 Å². The molecule has 0 aromatic carbocycles. The summed E-state index contributed by atoms with van der Waals surface area (Å²) in [5, 5.41) is 7.62. The highest BCUT2D eigenvalue weighted by Crippen LogP contribution is 2.33. The lowest BCUT2D eigenvalue weighted by molar-refractivity contribution is 0.453. The van der Waals surface area contributed by atoms with Crippen LogP contribution in [0.4, 0.5) is 0 Å².